The Morgan fingerprint density at radius 3 is 2.58 bits per heavy atom. The van der Waals surface area contributed by atoms with Gasteiger partial charge < -0.3 is 10.6 Å². The normalized spacial score (nSPS) is 27.2. The molecule has 3 atom stereocenters. The van der Waals surface area contributed by atoms with E-state index in [1.54, 1.807) is 0 Å². The Labute approximate surface area is 163 Å². The first-order valence-corrected chi connectivity index (χ1v) is 9.90. The summed E-state index contributed by atoms with van der Waals surface area (Å²) in [6.45, 7) is 10.8. The minimum absolute atomic E-state index is 0. The van der Waals surface area contributed by atoms with Gasteiger partial charge in [-0.3, -0.25) is 4.79 Å². The van der Waals surface area contributed by atoms with Crippen LogP contribution in [0.4, 0.5) is 0 Å². The zero-order valence-electron chi connectivity index (χ0n) is 16.5. The van der Waals surface area contributed by atoms with Crippen LogP contribution < -0.4 is 10.6 Å². The van der Waals surface area contributed by atoms with E-state index in [0.717, 1.165) is 38.0 Å². The summed E-state index contributed by atoms with van der Waals surface area (Å²) >= 11 is 0. The molecule has 1 saturated heterocycles. The number of aromatic nitrogens is 3. The van der Waals surface area contributed by atoms with Crippen molar-refractivity contribution in [3.05, 3.63) is 11.4 Å². The first kappa shape index (κ1) is 21.2. The standard InChI is InChI=1S/C19H33N5O.ClH/c1-12(2)16-6-5-13(3)11-17(16)21-19(25)18-14(4)24(23-22-18)15-7-9-20-10-8-15;/h12-13,15-17,20H,5-11H2,1-4H3,(H,21,25);1H. The highest BCUT2D eigenvalue weighted by atomic mass is 35.5. The second-order valence-corrected chi connectivity index (χ2v) is 8.36. The third kappa shape index (κ3) is 4.58. The maximum atomic E-state index is 12.9. The molecule has 6 nitrogen and oxygen atoms in total. The summed E-state index contributed by atoms with van der Waals surface area (Å²) in [6, 6.07) is 0.605. The highest BCUT2D eigenvalue weighted by molar-refractivity contribution is 5.93. The van der Waals surface area contributed by atoms with Crippen LogP contribution in [0.5, 0.6) is 0 Å². The molecular formula is C19H34ClN5O. The number of amides is 1. The lowest BCUT2D eigenvalue weighted by Crippen LogP contribution is -2.45. The van der Waals surface area contributed by atoms with Crippen LogP contribution in [0.3, 0.4) is 0 Å². The van der Waals surface area contributed by atoms with Crippen molar-refractivity contribution >= 4 is 18.3 Å². The Morgan fingerprint density at radius 2 is 1.92 bits per heavy atom. The fourth-order valence-electron chi connectivity index (χ4n) is 4.55. The largest absolute Gasteiger partial charge is 0.348 e. The number of hydrogen-bond donors (Lipinski definition) is 2. The molecule has 1 saturated carbocycles. The summed E-state index contributed by atoms with van der Waals surface area (Å²) in [6.07, 6.45) is 5.61. The van der Waals surface area contributed by atoms with Crippen LogP contribution in [0, 0.1) is 24.7 Å². The van der Waals surface area contributed by atoms with E-state index in [2.05, 4.69) is 41.7 Å². The number of carbonyl (C=O) groups is 1. The maximum Gasteiger partial charge on any atom is 0.273 e. The molecule has 0 radical (unpaired) electrons. The fraction of sp³-hybridized carbons (Fsp3) is 0.842. The number of hydrogen-bond acceptors (Lipinski definition) is 4. The molecule has 1 aliphatic heterocycles. The Bertz CT molecular complexity index is 597. The molecule has 3 unspecified atom stereocenters. The Kier molecular flexibility index (Phi) is 7.47. The molecule has 1 aliphatic carbocycles. The predicted molar refractivity (Wildman–Crippen MR) is 106 cm³/mol. The molecule has 2 N–H and O–H groups in total. The monoisotopic (exact) mass is 383 g/mol. The summed E-state index contributed by atoms with van der Waals surface area (Å²) in [4.78, 5) is 12.9. The lowest BCUT2D eigenvalue weighted by atomic mass is 9.74. The first-order chi connectivity index (χ1) is 12.0. The quantitative estimate of drug-likeness (QED) is 0.837. The number of nitrogens with zero attached hydrogens (tertiary/aromatic N) is 3. The highest BCUT2D eigenvalue weighted by Crippen LogP contribution is 2.33. The molecule has 7 heteroatoms. The summed E-state index contributed by atoms with van der Waals surface area (Å²) in [5.41, 5.74) is 1.40. The molecule has 0 bridgehead atoms. The van der Waals surface area contributed by atoms with Crippen molar-refractivity contribution in [3.8, 4) is 0 Å². The number of piperidine rings is 1. The van der Waals surface area contributed by atoms with Gasteiger partial charge in [-0.25, -0.2) is 4.68 Å². The third-order valence-electron chi connectivity index (χ3n) is 6.14. The maximum absolute atomic E-state index is 12.9. The van der Waals surface area contributed by atoms with Crippen LogP contribution >= 0.6 is 12.4 Å². The molecule has 1 aromatic rings. The number of nitrogens with one attached hydrogen (secondary N) is 2. The van der Waals surface area contributed by atoms with E-state index in [9.17, 15) is 4.79 Å². The van der Waals surface area contributed by atoms with E-state index >= 15 is 0 Å². The second-order valence-electron chi connectivity index (χ2n) is 8.36. The number of rotatable bonds is 4. The van der Waals surface area contributed by atoms with Crippen LogP contribution in [-0.4, -0.2) is 40.0 Å². The van der Waals surface area contributed by atoms with Crippen molar-refractivity contribution in [2.24, 2.45) is 17.8 Å². The van der Waals surface area contributed by atoms with Crippen LogP contribution in [0.1, 0.15) is 75.1 Å². The van der Waals surface area contributed by atoms with Crippen molar-refractivity contribution < 1.29 is 4.79 Å². The molecule has 1 aromatic heterocycles. The lowest BCUT2D eigenvalue weighted by molar-refractivity contribution is 0.0862. The molecular weight excluding hydrogens is 350 g/mol. The van der Waals surface area contributed by atoms with Crippen LogP contribution in [-0.2, 0) is 0 Å². The van der Waals surface area contributed by atoms with Crippen LogP contribution in [0.15, 0.2) is 0 Å². The van der Waals surface area contributed by atoms with E-state index in [1.807, 2.05) is 11.6 Å². The summed E-state index contributed by atoms with van der Waals surface area (Å²) in [5, 5.41) is 15.2. The van der Waals surface area contributed by atoms with Gasteiger partial charge in [0.2, 0.25) is 0 Å². The third-order valence-corrected chi connectivity index (χ3v) is 6.14. The molecule has 2 fully saturated rings. The fourth-order valence-corrected chi connectivity index (χ4v) is 4.55. The van der Waals surface area contributed by atoms with E-state index in [-0.39, 0.29) is 24.4 Å². The van der Waals surface area contributed by atoms with Gasteiger partial charge in [0, 0.05) is 6.04 Å². The van der Waals surface area contributed by atoms with Gasteiger partial charge in [0.15, 0.2) is 5.69 Å². The molecule has 26 heavy (non-hydrogen) atoms. The van der Waals surface area contributed by atoms with E-state index in [4.69, 9.17) is 0 Å². The van der Waals surface area contributed by atoms with Crippen molar-refractivity contribution in [1.29, 1.82) is 0 Å². The minimum Gasteiger partial charge on any atom is -0.348 e. The van der Waals surface area contributed by atoms with E-state index in [0.29, 0.717) is 29.5 Å². The van der Waals surface area contributed by atoms with Gasteiger partial charge >= 0.3 is 0 Å². The summed E-state index contributed by atoms with van der Waals surface area (Å²) in [7, 11) is 0. The Hall–Kier alpha value is -1.14. The molecule has 1 amide bonds. The smallest absolute Gasteiger partial charge is 0.273 e. The zero-order valence-corrected chi connectivity index (χ0v) is 17.3. The minimum atomic E-state index is -0.0533. The predicted octanol–water partition coefficient (Wildman–Crippen LogP) is 3.12. The molecule has 0 spiro atoms. The summed E-state index contributed by atoms with van der Waals surface area (Å²) < 4.78 is 1.96. The Morgan fingerprint density at radius 1 is 1.23 bits per heavy atom. The average Bonchev–Trinajstić information content (AvgIpc) is 2.97. The second kappa shape index (κ2) is 9.18. The van der Waals surface area contributed by atoms with Crippen LogP contribution in [0.2, 0.25) is 0 Å². The topological polar surface area (TPSA) is 71.8 Å². The molecule has 0 aromatic carbocycles. The molecule has 2 heterocycles. The van der Waals surface area contributed by atoms with Gasteiger partial charge in [-0.2, -0.15) is 0 Å². The molecule has 3 rings (SSSR count). The van der Waals surface area contributed by atoms with Gasteiger partial charge in [0.25, 0.3) is 5.91 Å². The molecule has 2 aliphatic rings. The molecule has 148 valence electrons. The van der Waals surface area contributed by atoms with E-state index in [1.165, 1.54) is 12.8 Å². The van der Waals surface area contributed by atoms with Crippen molar-refractivity contribution in [2.75, 3.05) is 13.1 Å². The lowest BCUT2D eigenvalue weighted by Gasteiger charge is -2.37. The van der Waals surface area contributed by atoms with Crippen molar-refractivity contribution in [2.45, 2.75) is 71.9 Å². The first-order valence-electron chi connectivity index (χ1n) is 9.90. The van der Waals surface area contributed by atoms with Crippen molar-refractivity contribution in [1.82, 2.24) is 25.6 Å². The number of carbonyl (C=O) groups excluding carboxylic acids is 1. The SMILES string of the molecule is Cc1c(C(=O)NC2CC(C)CCC2C(C)C)nnn1C1CCNCC1.Cl. The van der Waals surface area contributed by atoms with Gasteiger partial charge in [0.1, 0.15) is 0 Å². The van der Waals surface area contributed by atoms with Gasteiger partial charge in [0.05, 0.1) is 11.7 Å². The highest BCUT2D eigenvalue weighted by Gasteiger charge is 2.33. The number of halogens is 1. The van der Waals surface area contributed by atoms with Crippen LogP contribution in [0.25, 0.3) is 0 Å². The Balaban J connectivity index is 0.00000243. The average molecular weight is 384 g/mol. The van der Waals surface area contributed by atoms with Gasteiger partial charge in [-0.05, 0) is 63.5 Å². The summed E-state index contributed by atoms with van der Waals surface area (Å²) in [5.74, 6) is 1.76. The van der Waals surface area contributed by atoms with Crippen molar-refractivity contribution in [3.63, 3.8) is 0 Å². The zero-order chi connectivity index (χ0) is 18.0. The van der Waals surface area contributed by atoms with Gasteiger partial charge in [-0.1, -0.05) is 32.4 Å². The van der Waals surface area contributed by atoms with E-state index < -0.39 is 0 Å². The van der Waals surface area contributed by atoms with Gasteiger partial charge in [-0.15, -0.1) is 17.5 Å².